The SMILES string of the molecule is COC(=O)c1sccc1S(=O)(=O)N1CCCNCC1.Cl. The summed E-state index contributed by atoms with van der Waals surface area (Å²) in [6.07, 6.45) is 0.761. The number of thiophene rings is 1. The van der Waals surface area contributed by atoms with Crippen LogP contribution in [0.25, 0.3) is 0 Å². The Morgan fingerprint density at radius 2 is 2.15 bits per heavy atom. The van der Waals surface area contributed by atoms with Gasteiger partial charge in [-0.15, -0.1) is 23.7 Å². The molecule has 1 aromatic heterocycles. The third kappa shape index (κ3) is 3.50. The molecule has 0 radical (unpaired) electrons. The Labute approximate surface area is 128 Å². The fourth-order valence-corrected chi connectivity index (χ4v) is 4.73. The Morgan fingerprint density at radius 3 is 2.85 bits per heavy atom. The van der Waals surface area contributed by atoms with Gasteiger partial charge in [-0.1, -0.05) is 0 Å². The fraction of sp³-hybridized carbons (Fsp3) is 0.545. The Balaban J connectivity index is 0.00000200. The first-order chi connectivity index (χ1) is 9.07. The van der Waals surface area contributed by atoms with Gasteiger partial charge in [0, 0.05) is 19.6 Å². The number of methoxy groups -OCH3 is 1. The second kappa shape index (κ2) is 7.37. The maximum absolute atomic E-state index is 12.5. The molecule has 0 saturated carbocycles. The summed E-state index contributed by atoms with van der Waals surface area (Å²) in [5.74, 6) is -0.610. The monoisotopic (exact) mass is 340 g/mol. The number of carbonyl (C=O) groups excluding carboxylic acids is 1. The van der Waals surface area contributed by atoms with E-state index in [-0.39, 0.29) is 22.2 Å². The third-order valence-electron chi connectivity index (χ3n) is 2.92. The quantitative estimate of drug-likeness (QED) is 0.829. The van der Waals surface area contributed by atoms with E-state index >= 15 is 0 Å². The van der Waals surface area contributed by atoms with Crippen molar-refractivity contribution in [3.05, 3.63) is 16.3 Å². The summed E-state index contributed by atoms with van der Waals surface area (Å²) in [4.78, 5) is 11.8. The van der Waals surface area contributed by atoms with Crippen molar-refractivity contribution in [2.24, 2.45) is 0 Å². The molecule has 114 valence electrons. The lowest BCUT2D eigenvalue weighted by Crippen LogP contribution is -2.34. The average Bonchev–Trinajstić information content (AvgIpc) is 2.73. The maximum Gasteiger partial charge on any atom is 0.349 e. The van der Waals surface area contributed by atoms with Gasteiger partial charge in [0.15, 0.2) is 0 Å². The van der Waals surface area contributed by atoms with E-state index < -0.39 is 16.0 Å². The van der Waals surface area contributed by atoms with Crippen molar-refractivity contribution < 1.29 is 17.9 Å². The number of rotatable bonds is 3. The topological polar surface area (TPSA) is 75.7 Å². The molecule has 0 unspecified atom stereocenters. The van der Waals surface area contributed by atoms with Crippen molar-refractivity contribution in [2.45, 2.75) is 11.3 Å². The number of halogens is 1. The van der Waals surface area contributed by atoms with Gasteiger partial charge in [0.1, 0.15) is 9.77 Å². The van der Waals surface area contributed by atoms with Gasteiger partial charge in [0.25, 0.3) is 0 Å². The van der Waals surface area contributed by atoms with E-state index in [9.17, 15) is 13.2 Å². The van der Waals surface area contributed by atoms with Crippen LogP contribution in [0, 0.1) is 0 Å². The van der Waals surface area contributed by atoms with Crippen LogP contribution in [0.1, 0.15) is 16.1 Å². The molecule has 1 aliphatic rings. The Bertz CT molecular complexity index is 551. The molecule has 6 nitrogen and oxygen atoms in total. The van der Waals surface area contributed by atoms with Crippen molar-refractivity contribution in [1.82, 2.24) is 9.62 Å². The van der Waals surface area contributed by atoms with Crippen molar-refractivity contribution in [2.75, 3.05) is 33.3 Å². The second-order valence-electron chi connectivity index (χ2n) is 4.11. The highest BCUT2D eigenvalue weighted by atomic mass is 35.5. The molecule has 0 bridgehead atoms. The minimum atomic E-state index is -3.62. The number of esters is 1. The third-order valence-corrected chi connectivity index (χ3v) is 5.88. The zero-order chi connectivity index (χ0) is 13.9. The summed E-state index contributed by atoms with van der Waals surface area (Å²) in [6.45, 7) is 2.31. The van der Waals surface area contributed by atoms with E-state index in [2.05, 4.69) is 10.1 Å². The number of hydrogen-bond acceptors (Lipinski definition) is 6. The second-order valence-corrected chi connectivity index (χ2v) is 6.94. The first kappa shape index (κ1) is 17.4. The molecule has 0 amide bonds. The van der Waals surface area contributed by atoms with Crippen LogP contribution in [-0.4, -0.2) is 52.0 Å². The number of nitrogens with zero attached hydrogens (tertiary/aromatic N) is 1. The van der Waals surface area contributed by atoms with Gasteiger partial charge < -0.3 is 10.1 Å². The van der Waals surface area contributed by atoms with E-state index in [1.807, 2.05) is 0 Å². The number of hydrogen-bond donors (Lipinski definition) is 1. The molecule has 1 N–H and O–H groups in total. The first-order valence-corrected chi connectivity index (χ1v) is 8.26. The summed E-state index contributed by atoms with van der Waals surface area (Å²) >= 11 is 1.08. The minimum absolute atomic E-state index is 0. The van der Waals surface area contributed by atoms with Crippen LogP contribution in [-0.2, 0) is 14.8 Å². The van der Waals surface area contributed by atoms with Gasteiger partial charge >= 0.3 is 5.97 Å². The maximum atomic E-state index is 12.5. The lowest BCUT2D eigenvalue weighted by molar-refractivity contribution is 0.0602. The van der Waals surface area contributed by atoms with Crippen molar-refractivity contribution >= 4 is 39.7 Å². The number of sulfonamides is 1. The van der Waals surface area contributed by atoms with E-state index in [1.54, 1.807) is 5.38 Å². The highest BCUT2D eigenvalue weighted by molar-refractivity contribution is 7.89. The van der Waals surface area contributed by atoms with E-state index in [0.717, 1.165) is 24.3 Å². The lowest BCUT2D eigenvalue weighted by atomic mass is 10.4. The predicted molar refractivity (Wildman–Crippen MR) is 79.2 cm³/mol. The normalized spacial score (nSPS) is 17.1. The Kier molecular flexibility index (Phi) is 6.41. The molecule has 1 fully saturated rings. The van der Waals surface area contributed by atoms with Crippen LogP contribution in [0.2, 0.25) is 0 Å². The largest absolute Gasteiger partial charge is 0.465 e. The van der Waals surface area contributed by atoms with Gasteiger partial charge in [-0.3, -0.25) is 0 Å². The molecule has 0 aromatic carbocycles. The molecule has 0 spiro atoms. The summed E-state index contributed by atoms with van der Waals surface area (Å²) in [6, 6.07) is 1.46. The molecule has 0 atom stereocenters. The van der Waals surface area contributed by atoms with Gasteiger partial charge in [-0.2, -0.15) is 4.31 Å². The van der Waals surface area contributed by atoms with Crippen molar-refractivity contribution in [3.8, 4) is 0 Å². The van der Waals surface area contributed by atoms with Gasteiger partial charge in [0.05, 0.1) is 7.11 Å². The summed E-state index contributed by atoms with van der Waals surface area (Å²) in [7, 11) is -2.38. The number of nitrogens with one attached hydrogen (secondary N) is 1. The van der Waals surface area contributed by atoms with E-state index in [0.29, 0.717) is 19.6 Å². The molecule has 2 heterocycles. The molecule has 1 aliphatic heterocycles. The molecule has 20 heavy (non-hydrogen) atoms. The standard InChI is InChI=1S/C11H16N2O4S2.ClH/c1-17-11(14)10-9(3-8-18-10)19(15,16)13-6-2-4-12-5-7-13;/h3,8,12H,2,4-7H2,1H3;1H. The lowest BCUT2D eigenvalue weighted by Gasteiger charge is -2.19. The first-order valence-electron chi connectivity index (χ1n) is 5.94. The fourth-order valence-electron chi connectivity index (χ4n) is 1.94. The summed E-state index contributed by atoms with van der Waals surface area (Å²) in [5, 5.41) is 4.74. The van der Waals surface area contributed by atoms with Gasteiger partial charge in [-0.25, -0.2) is 13.2 Å². The number of carbonyl (C=O) groups is 1. The summed E-state index contributed by atoms with van der Waals surface area (Å²) in [5.41, 5.74) is 0. The Morgan fingerprint density at radius 1 is 1.40 bits per heavy atom. The number of ether oxygens (including phenoxy) is 1. The molecular weight excluding hydrogens is 324 g/mol. The van der Waals surface area contributed by atoms with Gasteiger partial charge in [-0.05, 0) is 24.4 Å². The molecule has 0 aliphatic carbocycles. The highest BCUT2D eigenvalue weighted by Gasteiger charge is 2.30. The van der Waals surface area contributed by atoms with E-state index in [1.165, 1.54) is 17.5 Å². The Hall–Kier alpha value is -0.670. The molecule has 2 rings (SSSR count). The predicted octanol–water partition coefficient (Wildman–Crippen LogP) is 0.941. The van der Waals surface area contributed by atoms with Crippen molar-refractivity contribution in [1.29, 1.82) is 0 Å². The average molecular weight is 341 g/mol. The minimum Gasteiger partial charge on any atom is -0.465 e. The molecule has 1 aromatic rings. The molecule has 1 saturated heterocycles. The van der Waals surface area contributed by atoms with Gasteiger partial charge in [0.2, 0.25) is 10.0 Å². The smallest absolute Gasteiger partial charge is 0.349 e. The van der Waals surface area contributed by atoms with Crippen LogP contribution in [0.3, 0.4) is 0 Å². The zero-order valence-corrected chi connectivity index (χ0v) is 13.4. The van der Waals surface area contributed by atoms with Crippen LogP contribution < -0.4 is 5.32 Å². The van der Waals surface area contributed by atoms with Crippen LogP contribution in [0.15, 0.2) is 16.3 Å². The highest BCUT2D eigenvalue weighted by Crippen LogP contribution is 2.26. The van der Waals surface area contributed by atoms with Crippen LogP contribution in [0.5, 0.6) is 0 Å². The van der Waals surface area contributed by atoms with E-state index in [4.69, 9.17) is 0 Å². The summed E-state index contributed by atoms with van der Waals surface area (Å²) < 4.78 is 31.1. The molecule has 9 heteroatoms. The van der Waals surface area contributed by atoms with Crippen molar-refractivity contribution in [3.63, 3.8) is 0 Å². The van der Waals surface area contributed by atoms with Crippen LogP contribution >= 0.6 is 23.7 Å². The zero-order valence-electron chi connectivity index (χ0n) is 11.0. The molecular formula is C11H17ClN2O4S2. The van der Waals surface area contributed by atoms with Crippen LogP contribution in [0.4, 0.5) is 0 Å².